The highest BCUT2D eigenvalue weighted by atomic mass is 32.2. The van der Waals surface area contributed by atoms with Gasteiger partial charge in [-0.25, -0.2) is 0 Å². The van der Waals surface area contributed by atoms with Gasteiger partial charge in [-0.05, 0) is 54.3 Å². The summed E-state index contributed by atoms with van der Waals surface area (Å²) < 4.78 is 17.2. The number of carbonyl (C=O) groups excluding carboxylic acids is 1. The lowest BCUT2D eigenvalue weighted by atomic mass is 10.1. The number of nitrogens with zero attached hydrogens (tertiary/aromatic N) is 1. The highest BCUT2D eigenvalue weighted by molar-refractivity contribution is 7.98. The van der Waals surface area contributed by atoms with Crippen LogP contribution in [0.3, 0.4) is 0 Å². The fourth-order valence-corrected chi connectivity index (χ4v) is 4.27. The Morgan fingerprint density at radius 3 is 2.50 bits per heavy atom. The van der Waals surface area contributed by atoms with Crippen LogP contribution >= 0.6 is 11.8 Å². The number of nitrogens with one attached hydrogen (secondary N) is 1. The Kier molecular flexibility index (Phi) is 5.81. The Labute approximate surface area is 191 Å². The molecule has 0 aliphatic carbocycles. The summed E-state index contributed by atoms with van der Waals surface area (Å²) in [6.45, 7) is 2.85. The minimum atomic E-state index is -0.123. The Morgan fingerprint density at radius 2 is 1.69 bits per heavy atom. The third kappa shape index (κ3) is 4.21. The quantitative estimate of drug-likeness (QED) is 0.574. The molecule has 2 heterocycles. The second-order valence-electron chi connectivity index (χ2n) is 7.54. The van der Waals surface area contributed by atoms with E-state index in [9.17, 15) is 4.79 Å². The van der Waals surface area contributed by atoms with Gasteiger partial charge in [-0.1, -0.05) is 12.1 Å². The Balaban J connectivity index is 1.32. The van der Waals surface area contributed by atoms with E-state index in [2.05, 4.69) is 22.3 Å². The average Bonchev–Trinajstić information content (AvgIpc) is 2.86. The van der Waals surface area contributed by atoms with E-state index >= 15 is 0 Å². The molecule has 0 unspecified atom stereocenters. The van der Waals surface area contributed by atoms with Gasteiger partial charge in [0.2, 0.25) is 0 Å². The number of rotatable bonds is 5. The maximum Gasteiger partial charge on any atom is 0.251 e. The minimum absolute atomic E-state index is 0.123. The number of carbonyl (C=O) groups is 1. The molecule has 32 heavy (non-hydrogen) atoms. The zero-order valence-electron chi connectivity index (χ0n) is 17.8. The van der Waals surface area contributed by atoms with Crippen LogP contribution < -0.4 is 24.4 Å². The molecule has 0 spiro atoms. The molecule has 2 aliphatic heterocycles. The summed E-state index contributed by atoms with van der Waals surface area (Å²) in [6.07, 6.45) is 2.05. The van der Waals surface area contributed by atoms with E-state index in [-0.39, 0.29) is 5.91 Å². The molecule has 0 bridgehead atoms. The van der Waals surface area contributed by atoms with E-state index in [0.29, 0.717) is 44.2 Å². The van der Waals surface area contributed by atoms with Crippen molar-refractivity contribution in [1.29, 1.82) is 0 Å². The molecule has 0 radical (unpaired) electrons. The molecule has 0 aromatic heterocycles. The molecule has 1 amide bonds. The highest BCUT2D eigenvalue weighted by Crippen LogP contribution is 2.41. The SMILES string of the molecule is CSc1ccc(CNC(=O)c2ccc3c(c2)OCCN3c2ccc3c(c2)OCCO3)cc1. The van der Waals surface area contributed by atoms with Crippen molar-refractivity contribution in [3.05, 3.63) is 71.8 Å². The number of hydrogen-bond donors (Lipinski definition) is 1. The second-order valence-corrected chi connectivity index (χ2v) is 8.42. The van der Waals surface area contributed by atoms with Crippen LogP contribution in [0.4, 0.5) is 11.4 Å². The number of ether oxygens (including phenoxy) is 3. The van der Waals surface area contributed by atoms with Crippen molar-refractivity contribution < 1.29 is 19.0 Å². The predicted molar refractivity (Wildman–Crippen MR) is 126 cm³/mol. The topological polar surface area (TPSA) is 60.0 Å². The summed E-state index contributed by atoms with van der Waals surface area (Å²) in [6, 6.07) is 19.7. The first kappa shape index (κ1) is 20.6. The van der Waals surface area contributed by atoms with Gasteiger partial charge in [0.25, 0.3) is 5.91 Å². The van der Waals surface area contributed by atoms with E-state index in [0.717, 1.165) is 28.4 Å². The lowest BCUT2D eigenvalue weighted by molar-refractivity contribution is 0.0950. The molecule has 3 aromatic carbocycles. The monoisotopic (exact) mass is 448 g/mol. The van der Waals surface area contributed by atoms with Gasteiger partial charge in [-0.15, -0.1) is 11.8 Å². The molecule has 0 fully saturated rings. The van der Waals surface area contributed by atoms with Crippen molar-refractivity contribution in [2.75, 3.05) is 37.5 Å². The fraction of sp³-hybridized carbons (Fsp3) is 0.240. The first-order valence-corrected chi connectivity index (χ1v) is 11.8. The lowest BCUT2D eigenvalue weighted by Gasteiger charge is -2.32. The predicted octanol–water partition coefficient (Wildman–Crippen LogP) is 4.64. The van der Waals surface area contributed by atoms with Crippen LogP contribution in [0.15, 0.2) is 65.6 Å². The number of amides is 1. The molecule has 7 heteroatoms. The van der Waals surface area contributed by atoms with Gasteiger partial charge in [0.05, 0.1) is 12.2 Å². The van der Waals surface area contributed by atoms with Crippen molar-refractivity contribution >= 4 is 29.0 Å². The third-order valence-electron chi connectivity index (χ3n) is 5.53. The summed E-state index contributed by atoms with van der Waals surface area (Å²) in [5.74, 6) is 2.09. The maximum atomic E-state index is 12.7. The molecule has 0 saturated carbocycles. The number of thioether (sulfide) groups is 1. The largest absolute Gasteiger partial charge is 0.490 e. The Hall–Kier alpha value is -3.32. The molecule has 0 atom stereocenters. The normalized spacial score (nSPS) is 14.3. The molecule has 5 rings (SSSR count). The Bertz CT molecular complexity index is 1130. The van der Waals surface area contributed by atoms with E-state index in [1.807, 2.05) is 54.8 Å². The van der Waals surface area contributed by atoms with Crippen molar-refractivity contribution in [3.8, 4) is 17.2 Å². The third-order valence-corrected chi connectivity index (χ3v) is 6.28. The molecular weight excluding hydrogens is 424 g/mol. The first-order valence-electron chi connectivity index (χ1n) is 10.6. The number of fused-ring (bicyclic) bond motifs is 2. The molecular formula is C25H24N2O4S. The van der Waals surface area contributed by atoms with Crippen LogP contribution in [0.25, 0.3) is 0 Å². The zero-order chi connectivity index (χ0) is 21.9. The van der Waals surface area contributed by atoms with Crippen LogP contribution in [0.5, 0.6) is 17.2 Å². The van der Waals surface area contributed by atoms with Crippen LogP contribution in [0.1, 0.15) is 15.9 Å². The number of anilines is 2. The number of benzene rings is 3. The zero-order valence-corrected chi connectivity index (χ0v) is 18.6. The maximum absolute atomic E-state index is 12.7. The standard InChI is InChI=1S/C25H24N2O4S/c1-32-20-6-2-17(3-7-20)16-26-25(28)18-4-8-21-23(14-18)29-11-10-27(21)19-5-9-22-24(15-19)31-13-12-30-22/h2-9,14-15H,10-13,16H2,1H3,(H,26,28). The van der Waals surface area contributed by atoms with Crippen molar-refractivity contribution in [1.82, 2.24) is 5.32 Å². The summed E-state index contributed by atoms with van der Waals surface area (Å²) in [7, 11) is 0. The Morgan fingerprint density at radius 1 is 0.906 bits per heavy atom. The van der Waals surface area contributed by atoms with Crippen molar-refractivity contribution in [3.63, 3.8) is 0 Å². The average molecular weight is 449 g/mol. The first-order chi connectivity index (χ1) is 15.7. The van der Waals surface area contributed by atoms with Gasteiger partial charge in [0, 0.05) is 28.8 Å². The molecule has 1 N–H and O–H groups in total. The van der Waals surface area contributed by atoms with E-state index in [4.69, 9.17) is 14.2 Å². The molecule has 0 saturated heterocycles. The van der Waals surface area contributed by atoms with Crippen molar-refractivity contribution in [2.24, 2.45) is 0 Å². The number of hydrogen-bond acceptors (Lipinski definition) is 6. The van der Waals surface area contributed by atoms with Gasteiger partial charge < -0.3 is 24.4 Å². The summed E-state index contributed by atoms with van der Waals surface area (Å²) in [5, 5.41) is 2.99. The minimum Gasteiger partial charge on any atom is -0.490 e. The van der Waals surface area contributed by atoms with E-state index < -0.39 is 0 Å². The smallest absolute Gasteiger partial charge is 0.251 e. The van der Waals surface area contributed by atoms with Gasteiger partial charge in [0.15, 0.2) is 11.5 Å². The van der Waals surface area contributed by atoms with Gasteiger partial charge >= 0.3 is 0 Å². The van der Waals surface area contributed by atoms with Gasteiger partial charge in [0.1, 0.15) is 25.6 Å². The van der Waals surface area contributed by atoms with Gasteiger partial charge in [-0.2, -0.15) is 0 Å². The summed E-state index contributed by atoms with van der Waals surface area (Å²) in [4.78, 5) is 16.1. The molecule has 6 nitrogen and oxygen atoms in total. The fourth-order valence-electron chi connectivity index (χ4n) is 3.86. The molecule has 164 valence electrons. The van der Waals surface area contributed by atoms with E-state index in [1.54, 1.807) is 11.8 Å². The van der Waals surface area contributed by atoms with Crippen LogP contribution in [-0.2, 0) is 6.54 Å². The lowest BCUT2D eigenvalue weighted by Crippen LogP contribution is -2.29. The van der Waals surface area contributed by atoms with E-state index in [1.165, 1.54) is 4.90 Å². The van der Waals surface area contributed by atoms with Crippen molar-refractivity contribution in [2.45, 2.75) is 11.4 Å². The summed E-state index contributed by atoms with van der Waals surface area (Å²) in [5.41, 5.74) is 3.57. The van der Waals surface area contributed by atoms with Gasteiger partial charge in [-0.3, -0.25) is 4.79 Å². The second kappa shape index (κ2) is 9.04. The molecule has 2 aliphatic rings. The highest BCUT2D eigenvalue weighted by Gasteiger charge is 2.23. The van der Waals surface area contributed by atoms with Crippen LogP contribution in [0, 0.1) is 0 Å². The summed E-state index contributed by atoms with van der Waals surface area (Å²) >= 11 is 1.70. The van der Waals surface area contributed by atoms with Crippen LogP contribution in [0.2, 0.25) is 0 Å². The van der Waals surface area contributed by atoms with Crippen LogP contribution in [-0.4, -0.2) is 38.5 Å². The molecule has 3 aromatic rings.